The van der Waals surface area contributed by atoms with Crippen molar-refractivity contribution in [3.63, 3.8) is 0 Å². The predicted octanol–water partition coefficient (Wildman–Crippen LogP) is 1.92. The summed E-state index contributed by atoms with van der Waals surface area (Å²) in [5, 5.41) is 1.60. The molecule has 3 nitrogen and oxygen atoms in total. The van der Waals surface area contributed by atoms with Crippen molar-refractivity contribution in [3.05, 3.63) is 47.8 Å². The summed E-state index contributed by atoms with van der Waals surface area (Å²) in [6, 6.07) is 10.0. The van der Waals surface area contributed by atoms with Crippen LogP contribution in [0.4, 0.5) is 0 Å². The molecule has 1 rings (SSSR count). The van der Waals surface area contributed by atoms with Crippen LogP contribution in [0.5, 0.6) is 0 Å². The van der Waals surface area contributed by atoms with Gasteiger partial charge in [0, 0.05) is 6.20 Å². The Balaban J connectivity index is 2.58. The smallest absolute Gasteiger partial charge is 0.0586 e. The van der Waals surface area contributed by atoms with E-state index in [-0.39, 0.29) is 0 Å². The van der Waals surface area contributed by atoms with Gasteiger partial charge in [-0.15, -0.1) is 0 Å². The van der Waals surface area contributed by atoms with Gasteiger partial charge in [-0.3, -0.25) is 4.99 Å². The lowest BCUT2D eigenvalue weighted by Crippen LogP contribution is -2.24. The Kier molecular flexibility index (Phi) is 3.88. The van der Waals surface area contributed by atoms with Crippen molar-refractivity contribution >= 4 is 6.72 Å². The van der Waals surface area contributed by atoms with Crippen LogP contribution in [0.3, 0.4) is 0 Å². The number of rotatable bonds is 4. The fraction of sp³-hybridized carbons (Fsp3) is 0.182. The third-order valence-corrected chi connectivity index (χ3v) is 1.81. The molecule has 0 saturated heterocycles. The van der Waals surface area contributed by atoms with Gasteiger partial charge in [-0.05, 0) is 19.2 Å². The van der Waals surface area contributed by atoms with E-state index in [1.807, 2.05) is 37.3 Å². The largest absolute Gasteiger partial charge is 0.312 e. The molecule has 0 atom stereocenters. The molecule has 2 N–H and O–H groups in total. The molecule has 0 bridgehead atoms. The molecule has 1 aromatic rings. The third kappa shape index (κ3) is 3.41. The molecule has 0 aromatic heterocycles. The molecule has 0 radical (unpaired) electrons. The first-order valence-electron chi connectivity index (χ1n) is 4.43. The highest BCUT2D eigenvalue weighted by molar-refractivity contribution is 5.28. The maximum Gasteiger partial charge on any atom is 0.0586 e. The Morgan fingerprint density at radius 1 is 1.50 bits per heavy atom. The van der Waals surface area contributed by atoms with E-state index in [0.717, 1.165) is 5.70 Å². The predicted molar refractivity (Wildman–Crippen MR) is 59.5 cm³/mol. The summed E-state index contributed by atoms with van der Waals surface area (Å²) < 4.78 is 0. The fourth-order valence-corrected chi connectivity index (χ4v) is 1.12. The molecule has 0 aliphatic heterocycles. The molecule has 0 fully saturated rings. The number of hydrogen-bond acceptors (Lipinski definition) is 3. The Bertz CT molecular complexity index is 317. The van der Waals surface area contributed by atoms with Gasteiger partial charge in [0.25, 0.3) is 0 Å². The summed E-state index contributed by atoms with van der Waals surface area (Å²) in [5.74, 6) is 5.75. The normalized spacial score (nSPS) is 11.1. The van der Waals surface area contributed by atoms with E-state index in [4.69, 9.17) is 5.84 Å². The van der Waals surface area contributed by atoms with Crippen LogP contribution in [0.1, 0.15) is 12.5 Å². The van der Waals surface area contributed by atoms with Crippen LogP contribution in [0, 0.1) is 0 Å². The van der Waals surface area contributed by atoms with Crippen LogP contribution in [0.2, 0.25) is 0 Å². The number of allylic oxidation sites excluding steroid dienone is 1. The average molecular weight is 189 g/mol. The SMILES string of the molecule is C=N/C(C)=C\N(N)Cc1ccccc1. The van der Waals surface area contributed by atoms with Crippen molar-refractivity contribution in [2.45, 2.75) is 13.5 Å². The van der Waals surface area contributed by atoms with Crippen LogP contribution in [-0.4, -0.2) is 11.7 Å². The number of hydrogen-bond donors (Lipinski definition) is 1. The first-order chi connectivity index (χ1) is 6.72. The zero-order chi connectivity index (χ0) is 10.4. The maximum atomic E-state index is 5.75. The summed E-state index contributed by atoms with van der Waals surface area (Å²) >= 11 is 0. The van der Waals surface area contributed by atoms with Gasteiger partial charge in [0.1, 0.15) is 0 Å². The first kappa shape index (κ1) is 10.5. The van der Waals surface area contributed by atoms with Crippen molar-refractivity contribution < 1.29 is 0 Å². The Hall–Kier alpha value is -1.61. The highest BCUT2D eigenvalue weighted by atomic mass is 15.4. The van der Waals surface area contributed by atoms with E-state index in [9.17, 15) is 0 Å². The van der Waals surface area contributed by atoms with Crippen molar-refractivity contribution in [2.75, 3.05) is 0 Å². The van der Waals surface area contributed by atoms with Gasteiger partial charge in [0.2, 0.25) is 0 Å². The van der Waals surface area contributed by atoms with Crippen LogP contribution in [-0.2, 0) is 6.54 Å². The van der Waals surface area contributed by atoms with Gasteiger partial charge < -0.3 is 5.01 Å². The summed E-state index contributed by atoms with van der Waals surface area (Å²) in [7, 11) is 0. The Morgan fingerprint density at radius 3 is 2.71 bits per heavy atom. The summed E-state index contributed by atoms with van der Waals surface area (Å²) in [6.45, 7) is 5.95. The molecule has 0 aliphatic carbocycles. The maximum absolute atomic E-state index is 5.75. The number of hydrazine groups is 1. The second-order valence-electron chi connectivity index (χ2n) is 3.09. The molecule has 0 unspecified atom stereocenters. The molecule has 0 saturated carbocycles. The summed E-state index contributed by atoms with van der Waals surface area (Å²) in [5.41, 5.74) is 1.98. The van der Waals surface area contributed by atoms with Gasteiger partial charge in [-0.2, -0.15) is 0 Å². The standard InChI is InChI=1S/C11H15N3/c1-10(13-2)8-14(12)9-11-6-4-3-5-7-11/h3-8H,2,9,12H2,1H3/b10-8-. The topological polar surface area (TPSA) is 41.6 Å². The van der Waals surface area contributed by atoms with Crippen molar-refractivity contribution in [1.29, 1.82) is 0 Å². The third-order valence-electron chi connectivity index (χ3n) is 1.81. The molecule has 0 heterocycles. The second kappa shape index (κ2) is 5.19. The van der Waals surface area contributed by atoms with E-state index < -0.39 is 0 Å². The van der Waals surface area contributed by atoms with Gasteiger partial charge in [0.05, 0.1) is 12.2 Å². The van der Waals surface area contributed by atoms with Gasteiger partial charge in [-0.25, -0.2) is 5.84 Å². The van der Waals surface area contributed by atoms with Crippen LogP contribution in [0.15, 0.2) is 47.2 Å². The van der Waals surface area contributed by atoms with E-state index >= 15 is 0 Å². The average Bonchev–Trinajstić information content (AvgIpc) is 2.19. The molecule has 0 aliphatic rings. The molecule has 14 heavy (non-hydrogen) atoms. The minimum Gasteiger partial charge on any atom is -0.312 e. The minimum absolute atomic E-state index is 0.674. The molecule has 3 heteroatoms. The Morgan fingerprint density at radius 2 is 2.14 bits per heavy atom. The lowest BCUT2D eigenvalue weighted by Gasteiger charge is -2.13. The molecular weight excluding hydrogens is 174 g/mol. The first-order valence-corrected chi connectivity index (χ1v) is 4.43. The molecular formula is C11H15N3. The summed E-state index contributed by atoms with van der Waals surface area (Å²) in [4.78, 5) is 3.76. The summed E-state index contributed by atoms with van der Waals surface area (Å²) in [6.07, 6.45) is 1.76. The fourth-order valence-electron chi connectivity index (χ4n) is 1.12. The van der Waals surface area contributed by atoms with E-state index in [0.29, 0.717) is 6.54 Å². The zero-order valence-electron chi connectivity index (χ0n) is 8.35. The highest BCUT2D eigenvalue weighted by Crippen LogP contribution is 2.03. The molecule has 0 amide bonds. The van der Waals surface area contributed by atoms with Gasteiger partial charge in [0.15, 0.2) is 0 Å². The second-order valence-corrected chi connectivity index (χ2v) is 3.09. The number of nitrogens with two attached hydrogens (primary N) is 1. The van der Waals surface area contributed by atoms with Crippen LogP contribution < -0.4 is 5.84 Å². The van der Waals surface area contributed by atoms with Crippen molar-refractivity contribution in [2.24, 2.45) is 10.8 Å². The van der Waals surface area contributed by atoms with E-state index in [1.165, 1.54) is 5.56 Å². The molecule has 74 valence electrons. The molecule has 1 aromatic carbocycles. The monoisotopic (exact) mass is 189 g/mol. The quantitative estimate of drug-likeness (QED) is 0.446. The lowest BCUT2D eigenvalue weighted by molar-refractivity contribution is 0.383. The van der Waals surface area contributed by atoms with Crippen LogP contribution in [0.25, 0.3) is 0 Å². The van der Waals surface area contributed by atoms with E-state index in [1.54, 1.807) is 11.2 Å². The lowest BCUT2D eigenvalue weighted by atomic mass is 10.2. The minimum atomic E-state index is 0.674. The number of benzene rings is 1. The van der Waals surface area contributed by atoms with Crippen molar-refractivity contribution in [1.82, 2.24) is 5.01 Å². The van der Waals surface area contributed by atoms with Crippen LogP contribution >= 0.6 is 0 Å². The Labute approximate surface area is 84.5 Å². The number of nitrogens with zero attached hydrogens (tertiary/aromatic N) is 2. The van der Waals surface area contributed by atoms with Gasteiger partial charge in [-0.1, -0.05) is 30.3 Å². The zero-order valence-corrected chi connectivity index (χ0v) is 8.35. The van der Waals surface area contributed by atoms with Gasteiger partial charge >= 0.3 is 0 Å². The molecule has 0 spiro atoms. The highest BCUT2D eigenvalue weighted by Gasteiger charge is 1.95. The van der Waals surface area contributed by atoms with E-state index in [2.05, 4.69) is 11.7 Å². The number of aliphatic imine (C=N–C) groups is 1. The van der Waals surface area contributed by atoms with Crippen molar-refractivity contribution in [3.8, 4) is 0 Å².